The predicted molar refractivity (Wildman–Crippen MR) is 112 cm³/mol. The van der Waals surface area contributed by atoms with Crippen LogP contribution in [0, 0.1) is 0 Å². The average Bonchev–Trinajstić information content (AvgIpc) is 3.38. The number of esters is 1. The van der Waals surface area contributed by atoms with E-state index in [1.807, 2.05) is 6.92 Å². The summed E-state index contributed by atoms with van der Waals surface area (Å²) in [5, 5.41) is 7.42. The monoisotopic (exact) mass is 470 g/mol. The van der Waals surface area contributed by atoms with E-state index < -0.39 is 17.8 Å². The van der Waals surface area contributed by atoms with Crippen molar-refractivity contribution in [3.63, 3.8) is 0 Å². The molecule has 0 saturated heterocycles. The van der Waals surface area contributed by atoms with E-state index in [9.17, 15) is 22.8 Å². The van der Waals surface area contributed by atoms with Crippen LogP contribution in [-0.4, -0.2) is 30.7 Å². The number of alkyl halides is 3. The van der Waals surface area contributed by atoms with Crippen molar-refractivity contribution in [1.82, 2.24) is 5.16 Å². The molecule has 0 unspecified atom stereocenters. The third kappa shape index (κ3) is 5.21. The molecule has 1 N–H and O–H groups in total. The normalized spacial score (nSPS) is 11.5. The summed E-state index contributed by atoms with van der Waals surface area (Å²) in [5.41, 5.74) is -0.109. The van der Waals surface area contributed by atoms with Gasteiger partial charge in [-0.15, -0.1) is 11.3 Å². The van der Waals surface area contributed by atoms with E-state index in [0.717, 1.165) is 11.3 Å². The number of thiophene rings is 1. The smallest absolute Gasteiger partial charge is 0.437 e. The van der Waals surface area contributed by atoms with Crippen LogP contribution < -0.4 is 10.1 Å². The minimum absolute atomic E-state index is 0.0576. The first-order valence-corrected chi connectivity index (χ1v) is 10.7. The maximum Gasteiger partial charge on any atom is 0.437 e. The number of nitrogens with one attached hydrogen (secondary N) is 1. The van der Waals surface area contributed by atoms with E-state index in [4.69, 9.17) is 9.26 Å². The highest BCUT2D eigenvalue weighted by atomic mass is 32.1. The second-order valence-electron chi connectivity index (χ2n) is 6.85. The zero-order valence-corrected chi connectivity index (χ0v) is 18.2. The Kier molecular flexibility index (Phi) is 7.39. The van der Waals surface area contributed by atoms with Crippen LogP contribution in [0.15, 0.2) is 28.1 Å². The molecule has 11 heteroatoms. The number of ether oxygens (including phenoxy) is 2. The Morgan fingerprint density at radius 3 is 2.72 bits per heavy atom. The van der Waals surface area contributed by atoms with E-state index in [0.29, 0.717) is 41.1 Å². The highest BCUT2D eigenvalue weighted by molar-refractivity contribution is 7.12. The number of benzene rings is 1. The molecule has 0 spiro atoms. The quantitative estimate of drug-likeness (QED) is 0.331. The molecule has 0 aliphatic rings. The average molecular weight is 470 g/mol. The zero-order chi connectivity index (χ0) is 23.3. The summed E-state index contributed by atoms with van der Waals surface area (Å²) in [6.07, 6.45) is -3.00. The van der Waals surface area contributed by atoms with Crippen LogP contribution in [0.25, 0.3) is 11.0 Å². The summed E-state index contributed by atoms with van der Waals surface area (Å²) < 4.78 is 54.7. The molecule has 3 aromatic rings. The molecule has 2 aromatic heterocycles. The van der Waals surface area contributed by atoms with Gasteiger partial charge in [0.05, 0.1) is 24.8 Å². The number of hydrogen-bond acceptors (Lipinski definition) is 7. The van der Waals surface area contributed by atoms with Gasteiger partial charge in [0.2, 0.25) is 5.91 Å². The van der Waals surface area contributed by atoms with E-state index in [-0.39, 0.29) is 29.9 Å². The molecule has 0 fully saturated rings. The van der Waals surface area contributed by atoms with E-state index >= 15 is 0 Å². The van der Waals surface area contributed by atoms with Gasteiger partial charge < -0.3 is 19.3 Å². The lowest BCUT2D eigenvalue weighted by Gasteiger charge is -2.12. The number of carbonyl (C=O) groups is 2. The van der Waals surface area contributed by atoms with Crippen LogP contribution in [0.5, 0.6) is 5.75 Å². The maximum atomic E-state index is 13.1. The molecule has 172 valence electrons. The number of anilines is 1. The number of carbonyl (C=O) groups excluding carboxylic acids is 2. The zero-order valence-electron chi connectivity index (χ0n) is 17.4. The molecule has 32 heavy (non-hydrogen) atoms. The van der Waals surface area contributed by atoms with Crippen molar-refractivity contribution < 1.29 is 36.8 Å². The number of amides is 1. The fraction of sp³-hybridized carbons (Fsp3) is 0.381. The number of methoxy groups -OCH3 is 1. The second-order valence-corrected chi connectivity index (χ2v) is 7.77. The van der Waals surface area contributed by atoms with Crippen LogP contribution in [0.1, 0.15) is 47.1 Å². The minimum atomic E-state index is -4.61. The van der Waals surface area contributed by atoms with E-state index in [1.165, 1.54) is 19.2 Å². The van der Waals surface area contributed by atoms with Gasteiger partial charge in [-0.05, 0) is 36.4 Å². The molecule has 0 bridgehead atoms. The number of fused-ring (bicyclic) bond motifs is 1. The number of nitrogens with zero attached hydrogens (tertiary/aromatic N) is 1. The Morgan fingerprint density at radius 2 is 2.03 bits per heavy atom. The van der Waals surface area contributed by atoms with Crippen LogP contribution in [0.4, 0.5) is 18.9 Å². The Morgan fingerprint density at radius 1 is 1.25 bits per heavy atom. The lowest BCUT2D eigenvalue weighted by molar-refractivity contribution is -0.141. The minimum Gasteiger partial charge on any atom is -0.493 e. The Labute approximate surface area is 185 Å². The first-order valence-electron chi connectivity index (χ1n) is 9.83. The summed E-state index contributed by atoms with van der Waals surface area (Å²) in [6, 6.07) is 4.36. The Balaban J connectivity index is 1.61. The molecule has 0 aliphatic carbocycles. The van der Waals surface area contributed by atoms with Crippen LogP contribution in [0.3, 0.4) is 0 Å². The fourth-order valence-electron chi connectivity index (χ4n) is 3.15. The van der Waals surface area contributed by atoms with E-state index in [1.54, 1.807) is 11.4 Å². The van der Waals surface area contributed by atoms with Gasteiger partial charge in [-0.1, -0.05) is 18.5 Å². The molecule has 0 aliphatic heterocycles. The Hall–Kier alpha value is -3.08. The summed E-state index contributed by atoms with van der Waals surface area (Å²) in [7, 11) is 1.26. The summed E-state index contributed by atoms with van der Waals surface area (Å²) >= 11 is 1.16. The number of hydrogen-bond donors (Lipinski definition) is 1. The van der Waals surface area contributed by atoms with Crippen molar-refractivity contribution in [1.29, 1.82) is 0 Å². The third-order valence-corrected chi connectivity index (χ3v) is 5.48. The molecule has 1 amide bonds. The van der Waals surface area contributed by atoms with Gasteiger partial charge in [-0.3, -0.25) is 4.79 Å². The summed E-state index contributed by atoms with van der Waals surface area (Å²) in [6.45, 7) is 2.06. The first-order chi connectivity index (χ1) is 15.3. The topological polar surface area (TPSA) is 90.7 Å². The van der Waals surface area contributed by atoms with Gasteiger partial charge in [0.25, 0.3) is 0 Å². The van der Waals surface area contributed by atoms with Gasteiger partial charge in [0.1, 0.15) is 10.6 Å². The third-order valence-electron chi connectivity index (χ3n) is 4.59. The van der Waals surface area contributed by atoms with Gasteiger partial charge in [-0.25, -0.2) is 4.79 Å². The molecule has 3 rings (SSSR count). The van der Waals surface area contributed by atoms with Crippen molar-refractivity contribution in [3.05, 3.63) is 39.7 Å². The first kappa shape index (κ1) is 23.6. The number of halogens is 3. The van der Waals surface area contributed by atoms with Crippen molar-refractivity contribution in [2.45, 2.75) is 38.8 Å². The number of aromatic nitrogens is 1. The molecule has 1 aromatic carbocycles. The molecule has 0 radical (unpaired) electrons. The van der Waals surface area contributed by atoms with Gasteiger partial charge in [0, 0.05) is 12.0 Å². The molecule has 7 nitrogen and oxygen atoms in total. The predicted octanol–water partition coefficient (Wildman–Crippen LogP) is 5.44. The fourth-order valence-corrected chi connectivity index (χ4v) is 3.92. The molecular weight excluding hydrogens is 449 g/mol. The van der Waals surface area contributed by atoms with Crippen LogP contribution in [-0.2, 0) is 22.1 Å². The summed E-state index contributed by atoms with van der Waals surface area (Å²) in [4.78, 5) is 24.2. The van der Waals surface area contributed by atoms with Gasteiger partial charge >= 0.3 is 12.1 Å². The molecular formula is C21H21F3N2O5S. The Bertz CT molecular complexity index is 1110. The van der Waals surface area contributed by atoms with Crippen LogP contribution >= 0.6 is 11.3 Å². The van der Waals surface area contributed by atoms with Gasteiger partial charge in [0.15, 0.2) is 11.3 Å². The molecule has 0 saturated carbocycles. The molecule has 2 heterocycles. The molecule has 0 atom stereocenters. The highest BCUT2D eigenvalue weighted by Crippen LogP contribution is 2.38. The second kappa shape index (κ2) is 10.0. The van der Waals surface area contributed by atoms with Crippen molar-refractivity contribution in [2.75, 3.05) is 19.0 Å². The van der Waals surface area contributed by atoms with Crippen molar-refractivity contribution in [3.8, 4) is 5.75 Å². The largest absolute Gasteiger partial charge is 0.493 e. The summed E-state index contributed by atoms with van der Waals surface area (Å²) in [5.74, 6) is -0.430. The van der Waals surface area contributed by atoms with Crippen molar-refractivity contribution in [2.24, 2.45) is 0 Å². The lowest BCUT2D eigenvalue weighted by atomic mass is 10.0. The standard InChI is InChI=1S/C21H21F3N2O5S/c1-3-5-12-15(8-7-13-17(12)31-26-19(13)21(22,23)24)30-10-4-6-16(27)25-14-9-11-32-18(14)20(28)29-2/h7-9,11H,3-6,10H2,1-2H3,(H,25,27). The lowest BCUT2D eigenvalue weighted by Crippen LogP contribution is -2.14. The number of rotatable bonds is 9. The SMILES string of the molecule is CCCc1c(OCCCC(=O)Nc2ccsc2C(=O)OC)ccc2c(C(F)(F)F)noc12. The number of aryl methyl sites for hydroxylation is 1. The van der Waals surface area contributed by atoms with Crippen molar-refractivity contribution >= 4 is 39.9 Å². The van der Waals surface area contributed by atoms with Gasteiger partial charge in [-0.2, -0.15) is 13.2 Å². The maximum absolute atomic E-state index is 13.1. The van der Waals surface area contributed by atoms with Crippen LogP contribution in [0.2, 0.25) is 0 Å². The van der Waals surface area contributed by atoms with E-state index in [2.05, 4.69) is 15.2 Å². The highest BCUT2D eigenvalue weighted by Gasteiger charge is 2.37.